The van der Waals surface area contributed by atoms with Crippen molar-refractivity contribution >= 4 is 53.5 Å². The number of hydrogen-bond acceptors (Lipinski definition) is 12. The maximum atomic E-state index is 13.4. The van der Waals surface area contributed by atoms with Crippen LogP contribution in [0.25, 0.3) is 0 Å². The van der Waals surface area contributed by atoms with Gasteiger partial charge in [-0.25, -0.2) is 32.8 Å². The van der Waals surface area contributed by atoms with Crippen LogP contribution in [0, 0.1) is 52.1 Å². The number of aromatic carboxylic acids is 5. The van der Waals surface area contributed by atoms with Crippen LogP contribution in [0.2, 0.25) is 0 Å². The first-order chi connectivity index (χ1) is 51.0. The van der Waals surface area contributed by atoms with Gasteiger partial charge in [-0.3, -0.25) is 19.2 Å². The number of carboxylic acid groups (broad SMARTS) is 5. The highest BCUT2D eigenvalue weighted by Crippen LogP contribution is 2.26. The molecule has 0 saturated carbocycles. The van der Waals surface area contributed by atoms with Crippen molar-refractivity contribution in [2.75, 3.05) is 52.4 Å². The zero-order valence-corrected chi connectivity index (χ0v) is 72.8. The maximum absolute atomic E-state index is 13.4. The molecule has 0 aliphatic carbocycles. The van der Waals surface area contributed by atoms with Crippen molar-refractivity contribution in [1.29, 1.82) is 0 Å². The van der Waals surface area contributed by atoms with Gasteiger partial charge in [0.05, 0.1) is 44.5 Å². The monoisotopic (exact) mass is 1560 g/mol. The number of nitrogens with zero attached hydrogens (tertiary/aromatic N) is 6. The second-order valence-corrected chi connectivity index (χ2v) is 34.6. The summed E-state index contributed by atoms with van der Waals surface area (Å²) >= 11 is 0. The van der Waals surface area contributed by atoms with Gasteiger partial charge in [0.2, 0.25) is 0 Å². The van der Waals surface area contributed by atoms with Crippen LogP contribution >= 0.6 is 0 Å². The second kappa shape index (κ2) is 50.6. The lowest BCUT2D eigenvalue weighted by Crippen LogP contribution is -2.40. The minimum atomic E-state index is -1.47. The van der Waals surface area contributed by atoms with Gasteiger partial charge in [-0.05, 0) is 204 Å². The molecule has 0 aliphatic rings. The summed E-state index contributed by atoms with van der Waals surface area (Å²) in [6, 6.07) is 16.3. The lowest BCUT2D eigenvalue weighted by molar-refractivity contribution is 0.0643. The smallest absolute Gasteiger partial charge is 0.340 e. The van der Waals surface area contributed by atoms with E-state index in [0.29, 0.717) is 67.1 Å². The highest BCUT2D eigenvalue weighted by molar-refractivity contribution is 6.08. The van der Waals surface area contributed by atoms with E-state index < -0.39 is 64.6 Å². The summed E-state index contributed by atoms with van der Waals surface area (Å²) in [5, 5.41) is 55.3. The molecule has 4 aromatic carbocycles. The summed E-state index contributed by atoms with van der Waals surface area (Å²) in [6.07, 6.45) is 6.79. The Morgan fingerprint density at radius 3 is 1.01 bits per heavy atom. The zero-order valence-electron chi connectivity index (χ0n) is 72.8. The normalized spacial score (nSPS) is 11.5. The Bertz CT molecular complexity index is 3550. The molecule has 0 unspecified atom stereocenters. The third kappa shape index (κ3) is 40.1. The number of amides is 4. The summed E-state index contributed by atoms with van der Waals surface area (Å²) in [7, 11) is 0. The molecule has 21 nitrogen and oxygen atoms in total. The summed E-state index contributed by atoms with van der Waals surface area (Å²) in [5.41, 5.74) is -0.481. The molecule has 6 N–H and O–H groups in total. The molecule has 0 aliphatic heterocycles. The average Bonchev–Trinajstić information content (AvgIpc) is 0.818. The molecule has 0 saturated heterocycles. The Kier molecular flexibility index (Phi) is 47.8. The van der Waals surface area contributed by atoms with Gasteiger partial charge in [0.1, 0.15) is 11.3 Å². The van der Waals surface area contributed by atoms with E-state index in [2.05, 4.69) is 99.8 Å². The fourth-order valence-electron chi connectivity index (χ4n) is 11.5. The summed E-state index contributed by atoms with van der Waals surface area (Å²) < 4.78 is 26.6. The minimum absolute atomic E-state index is 0.00634. The third-order valence-corrected chi connectivity index (χ3v) is 17.0. The average molecular weight is 1560 g/mol. The Morgan fingerprint density at radius 2 is 0.685 bits per heavy atom. The molecule has 0 fully saturated rings. The van der Waals surface area contributed by atoms with Gasteiger partial charge in [-0.15, -0.1) is 0 Å². The first kappa shape index (κ1) is 105. The predicted octanol–water partition coefficient (Wildman–Crippen LogP) is 19.4. The fraction of sp³-hybridized carbons (Fsp3) is 0.625. The minimum Gasteiger partial charge on any atom is -0.507 e. The van der Waals surface area contributed by atoms with Crippen molar-refractivity contribution in [2.24, 2.45) is 40.4 Å². The van der Waals surface area contributed by atoms with Gasteiger partial charge in [0.25, 0.3) is 23.6 Å². The number of aromatic hydroxyl groups is 1. The number of rotatable bonds is 33. The van der Waals surface area contributed by atoms with E-state index in [0.717, 1.165) is 12.0 Å². The van der Waals surface area contributed by atoms with Crippen molar-refractivity contribution in [1.82, 2.24) is 29.4 Å². The van der Waals surface area contributed by atoms with Crippen LogP contribution in [0.3, 0.4) is 0 Å². The Morgan fingerprint density at radius 1 is 0.351 bits per heavy atom. The molecule has 0 bridgehead atoms. The number of halogens is 2. The van der Waals surface area contributed by atoms with Crippen LogP contribution < -0.4 is 0 Å². The van der Waals surface area contributed by atoms with Crippen molar-refractivity contribution in [2.45, 2.75) is 269 Å². The molecule has 4 amide bonds. The van der Waals surface area contributed by atoms with Crippen LogP contribution in [0.1, 0.15) is 326 Å². The van der Waals surface area contributed by atoms with Crippen LogP contribution in [-0.4, -0.2) is 202 Å². The van der Waals surface area contributed by atoms with E-state index in [4.69, 9.17) is 20.4 Å². The van der Waals surface area contributed by atoms with Gasteiger partial charge in [-0.2, -0.15) is 0 Å². The second-order valence-electron chi connectivity index (χ2n) is 34.6. The topological polar surface area (TPSA) is 294 Å². The molecule has 23 heteroatoms. The number of hydrogen-bond donors (Lipinski definition) is 6. The molecule has 628 valence electrons. The van der Waals surface area contributed by atoms with E-state index in [1.54, 1.807) is 46.7 Å². The van der Waals surface area contributed by atoms with Crippen molar-refractivity contribution in [3.8, 4) is 5.75 Å². The standard InChI is InChI=1S/C16H21NO5.C15H19F2NO3.C15H21NO4.C15H21NO3.C14H31N.C13H29N/c1-9(2)8-17(10(3)4)14(18)12-6-5-11(15(19)20)7-13(12)16(21)22;1-8(2)7-18(9(3)4)14(19)10-5-12(16)13(17)6-11(10)15(20)21;1-9(2)8-16(10(3)4)14(18)11-6-5-7-12(17)13(11)15(19)20;1-10(2)9-16(11(3)4)14(17)12-7-5-6-8-13(12)15(18)19;1-7-8-9-10-11-15(13(2)3)12-14(4,5)6;1-11(2)8-9-14(12(3)4)10-13(5,6)7/h5-7,9-10H,8H2,1-4H3,(H,19,20)(H,21,22);5-6,8-9H,7H2,1-4H3,(H,20,21);5-7,9-10,17H,8H2,1-4H3,(H,19,20);5-8,10-11H,9H2,1-4H3,(H,18,19);13H,7-12H2,1-6H3;11-12H,8-10H2,1-7H3. The number of phenols is 1. The number of carbonyl (C=O) groups excluding carboxylic acids is 4. The molecular formula is C88H142F2N6O15. The Labute approximate surface area is 664 Å². The molecule has 0 radical (unpaired) electrons. The van der Waals surface area contributed by atoms with E-state index in [1.165, 1.54) is 99.6 Å². The van der Waals surface area contributed by atoms with Crippen LogP contribution in [-0.2, 0) is 0 Å². The third-order valence-electron chi connectivity index (χ3n) is 17.0. The summed E-state index contributed by atoms with van der Waals surface area (Å²) in [6.45, 7) is 67.7. The highest BCUT2D eigenvalue weighted by Gasteiger charge is 2.31. The number of benzene rings is 4. The number of carboxylic acids is 5. The van der Waals surface area contributed by atoms with Gasteiger partial charge in [0, 0.05) is 75.5 Å². The number of carbonyl (C=O) groups is 9. The lowest BCUT2D eigenvalue weighted by Gasteiger charge is -2.33. The van der Waals surface area contributed by atoms with Crippen LogP contribution in [0.4, 0.5) is 8.78 Å². The largest absolute Gasteiger partial charge is 0.507 e. The predicted molar refractivity (Wildman–Crippen MR) is 442 cm³/mol. The molecule has 0 heterocycles. The van der Waals surface area contributed by atoms with E-state index >= 15 is 0 Å². The molecule has 0 aromatic heterocycles. The van der Waals surface area contributed by atoms with E-state index in [-0.39, 0.29) is 98.2 Å². The maximum Gasteiger partial charge on any atom is 0.340 e. The van der Waals surface area contributed by atoms with Crippen LogP contribution in [0.5, 0.6) is 5.75 Å². The van der Waals surface area contributed by atoms with Gasteiger partial charge in [0.15, 0.2) is 11.6 Å². The molecular weight excluding hydrogens is 1420 g/mol. The van der Waals surface area contributed by atoms with E-state index in [1.807, 2.05) is 96.9 Å². The highest BCUT2D eigenvalue weighted by atomic mass is 19.2. The van der Waals surface area contributed by atoms with Crippen molar-refractivity contribution in [3.05, 3.63) is 135 Å². The SMILES string of the molecule is CC(C)CCN(CC(C)(C)C)C(C)C.CC(C)CN(C(=O)c1cc(F)c(F)cc1C(=O)O)C(C)C.CC(C)CN(C(=O)c1ccc(C(=O)O)cc1C(=O)O)C(C)C.CC(C)CN(C(=O)c1cccc(O)c1C(=O)O)C(C)C.CC(C)CN(C(=O)c1ccccc1C(=O)O)C(C)C.CCCCCCN(CC(C)(C)C)C(C)C. The molecule has 111 heavy (non-hydrogen) atoms. The van der Waals surface area contributed by atoms with Crippen molar-refractivity contribution in [3.63, 3.8) is 0 Å². The van der Waals surface area contributed by atoms with Gasteiger partial charge >= 0.3 is 29.8 Å². The first-order valence-corrected chi connectivity index (χ1v) is 39.4. The first-order valence-electron chi connectivity index (χ1n) is 39.4. The molecule has 4 rings (SSSR count). The Hall–Kier alpha value is -8.31. The zero-order chi connectivity index (χ0) is 86.6. The molecule has 0 atom stereocenters. The molecule has 0 spiro atoms. The fourth-order valence-corrected chi connectivity index (χ4v) is 11.5. The van der Waals surface area contributed by atoms with Crippen molar-refractivity contribution < 1.29 is 82.6 Å². The van der Waals surface area contributed by atoms with Gasteiger partial charge < -0.3 is 60.0 Å². The number of unbranched alkanes of at least 4 members (excludes halogenated alkanes) is 3. The lowest BCUT2D eigenvalue weighted by atomic mass is 9.95. The van der Waals surface area contributed by atoms with E-state index in [9.17, 15) is 62.1 Å². The summed E-state index contributed by atoms with van der Waals surface area (Å²) in [5.74, 6) is -9.11. The van der Waals surface area contributed by atoms with Gasteiger partial charge in [-0.1, -0.05) is 155 Å². The molecule has 4 aromatic rings. The summed E-state index contributed by atoms with van der Waals surface area (Å²) in [4.78, 5) is 118. The van der Waals surface area contributed by atoms with Crippen LogP contribution in [0.15, 0.2) is 72.8 Å². The quantitative estimate of drug-likeness (QED) is 0.0242. The Balaban J connectivity index is 0.